The van der Waals surface area contributed by atoms with E-state index in [0.717, 1.165) is 0 Å². The molecule has 1 radical (unpaired) electrons. The Labute approximate surface area is 70.9 Å². The molecule has 0 saturated carbocycles. The summed E-state index contributed by atoms with van der Waals surface area (Å²) in [5, 5.41) is -1.05. The normalized spacial score (nSPS) is 14.5. The van der Waals surface area contributed by atoms with Crippen molar-refractivity contribution in [1.82, 2.24) is 0 Å². The Morgan fingerprint density at radius 3 is 2.67 bits per heavy atom. The first-order valence-corrected chi connectivity index (χ1v) is 4.85. The largest absolute Gasteiger partial charge is 0.468 e. The van der Waals surface area contributed by atoms with Crippen molar-refractivity contribution in [1.29, 1.82) is 0 Å². The molecular weight excluding hydrogens is 180 g/mol. The van der Waals surface area contributed by atoms with Crippen LogP contribution in [0, 0.1) is 6.92 Å². The number of rotatable bonds is 3. The molecule has 0 aliphatic carbocycles. The van der Waals surface area contributed by atoms with Gasteiger partial charge in [-0.1, -0.05) is 6.92 Å². The zero-order valence-corrected chi connectivity index (χ0v) is 7.12. The lowest BCUT2D eigenvalue weighted by Crippen LogP contribution is -2.10. The highest BCUT2D eigenvalue weighted by Crippen LogP contribution is 2.24. The van der Waals surface area contributed by atoms with E-state index < -0.39 is 15.4 Å². The molecule has 1 aromatic heterocycles. The standard InChI is InChI=1S/C7H9O4S/c1-2-7(12(8,9)10)6-4-3-5-11-6/h3-5,7H,1-2H2,(H,8,9,10). The SMILES string of the molecule is [CH2]CC(c1ccco1)S(=O)(=O)O. The van der Waals surface area contributed by atoms with Gasteiger partial charge in [-0.2, -0.15) is 8.42 Å². The number of hydrogen-bond donors (Lipinski definition) is 1. The fourth-order valence-corrected chi connectivity index (χ4v) is 1.64. The van der Waals surface area contributed by atoms with Gasteiger partial charge in [-0.05, 0) is 18.6 Å². The molecule has 1 atom stereocenters. The molecule has 0 fully saturated rings. The van der Waals surface area contributed by atoms with E-state index in [1.54, 1.807) is 6.07 Å². The molecule has 0 amide bonds. The first kappa shape index (κ1) is 9.28. The molecule has 0 aromatic carbocycles. The molecule has 1 N–H and O–H groups in total. The molecule has 0 saturated heterocycles. The van der Waals surface area contributed by atoms with Crippen LogP contribution < -0.4 is 0 Å². The molecular formula is C7H9O4S. The van der Waals surface area contributed by atoms with Crippen LogP contribution in [0.4, 0.5) is 0 Å². The summed E-state index contributed by atoms with van der Waals surface area (Å²) in [4.78, 5) is 0. The average molecular weight is 189 g/mol. The molecule has 1 rings (SSSR count). The molecule has 0 bridgehead atoms. The maximum atomic E-state index is 10.7. The third kappa shape index (κ3) is 1.86. The summed E-state index contributed by atoms with van der Waals surface area (Å²) < 4.78 is 35.0. The van der Waals surface area contributed by atoms with Crippen LogP contribution >= 0.6 is 0 Å². The van der Waals surface area contributed by atoms with Crippen LogP contribution in [0.3, 0.4) is 0 Å². The van der Waals surface area contributed by atoms with Crippen molar-refractivity contribution in [2.75, 3.05) is 0 Å². The maximum absolute atomic E-state index is 10.7. The second-order valence-corrected chi connectivity index (χ2v) is 3.91. The summed E-state index contributed by atoms with van der Waals surface area (Å²) in [5.41, 5.74) is 0. The van der Waals surface area contributed by atoms with Crippen molar-refractivity contribution in [3.05, 3.63) is 31.1 Å². The van der Waals surface area contributed by atoms with Crippen LogP contribution in [0.1, 0.15) is 17.4 Å². The first-order chi connectivity index (χ1) is 5.55. The second-order valence-electron chi connectivity index (χ2n) is 2.31. The quantitative estimate of drug-likeness (QED) is 0.730. The lowest BCUT2D eigenvalue weighted by molar-refractivity contribution is 0.441. The third-order valence-corrected chi connectivity index (χ3v) is 2.67. The van der Waals surface area contributed by atoms with Gasteiger partial charge >= 0.3 is 0 Å². The molecule has 0 aliphatic heterocycles. The molecule has 1 heterocycles. The highest BCUT2D eigenvalue weighted by Gasteiger charge is 2.25. The van der Waals surface area contributed by atoms with Crippen molar-refractivity contribution in [2.45, 2.75) is 11.7 Å². The van der Waals surface area contributed by atoms with Crippen LogP contribution in [0.25, 0.3) is 0 Å². The predicted octanol–water partition coefficient (Wildman–Crippen LogP) is 1.43. The Kier molecular flexibility index (Phi) is 2.54. The average Bonchev–Trinajstić information content (AvgIpc) is 2.38. The van der Waals surface area contributed by atoms with E-state index in [1.165, 1.54) is 12.3 Å². The van der Waals surface area contributed by atoms with Crippen molar-refractivity contribution < 1.29 is 17.4 Å². The van der Waals surface area contributed by atoms with Crippen molar-refractivity contribution >= 4 is 10.1 Å². The van der Waals surface area contributed by atoms with Crippen molar-refractivity contribution in [3.8, 4) is 0 Å². The van der Waals surface area contributed by atoms with Gasteiger partial charge in [0, 0.05) is 0 Å². The lowest BCUT2D eigenvalue weighted by atomic mass is 10.3. The summed E-state index contributed by atoms with van der Waals surface area (Å²) in [6.45, 7) is 3.41. The van der Waals surface area contributed by atoms with Gasteiger partial charge in [-0.15, -0.1) is 0 Å². The van der Waals surface area contributed by atoms with E-state index >= 15 is 0 Å². The van der Waals surface area contributed by atoms with Gasteiger partial charge in [0.1, 0.15) is 11.0 Å². The molecule has 0 spiro atoms. The number of furan rings is 1. The van der Waals surface area contributed by atoms with E-state index in [-0.39, 0.29) is 12.2 Å². The van der Waals surface area contributed by atoms with Gasteiger partial charge in [-0.25, -0.2) is 0 Å². The van der Waals surface area contributed by atoms with E-state index in [2.05, 4.69) is 6.92 Å². The summed E-state index contributed by atoms with van der Waals surface area (Å²) in [5.74, 6) is 0.215. The van der Waals surface area contributed by atoms with E-state index in [9.17, 15) is 8.42 Å². The van der Waals surface area contributed by atoms with Crippen LogP contribution in [0.15, 0.2) is 22.8 Å². The Morgan fingerprint density at radius 2 is 2.33 bits per heavy atom. The Bertz CT molecular complexity index is 324. The van der Waals surface area contributed by atoms with Crippen LogP contribution in [-0.4, -0.2) is 13.0 Å². The summed E-state index contributed by atoms with van der Waals surface area (Å²) >= 11 is 0. The monoisotopic (exact) mass is 189 g/mol. The molecule has 12 heavy (non-hydrogen) atoms. The molecule has 5 heteroatoms. The maximum Gasteiger partial charge on any atom is 0.275 e. The summed E-state index contributed by atoms with van der Waals surface area (Å²) in [6.07, 6.45) is 1.40. The van der Waals surface area contributed by atoms with Crippen LogP contribution in [0.2, 0.25) is 0 Å². The van der Waals surface area contributed by atoms with Gasteiger partial charge in [0.05, 0.1) is 6.26 Å². The molecule has 67 valence electrons. The Morgan fingerprint density at radius 1 is 1.67 bits per heavy atom. The Hall–Kier alpha value is -0.810. The second kappa shape index (κ2) is 3.28. The van der Waals surface area contributed by atoms with E-state index in [1.807, 2.05) is 0 Å². The fraction of sp³-hybridized carbons (Fsp3) is 0.286. The van der Waals surface area contributed by atoms with Gasteiger partial charge in [0.15, 0.2) is 0 Å². The topological polar surface area (TPSA) is 67.5 Å². The summed E-state index contributed by atoms with van der Waals surface area (Å²) in [6, 6.07) is 3.05. The van der Waals surface area contributed by atoms with Crippen LogP contribution in [-0.2, 0) is 10.1 Å². The predicted molar refractivity (Wildman–Crippen MR) is 43.0 cm³/mol. The highest BCUT2D eigenvalue weighted by atomic mass is 32.2. The van der Waals surface area contributed by atoms with Gasteiger partial charge in [0.2, 0.25) is 0 Å². The lowest BCUT2D eigenvalue weighted by Gasteiger charge is -2.06. The smallest absolute Gasteiger partial charge is 0.275 e. The minimum absolute atomic E-state index is 0.0480. The van der Waals surface area contributed by atoms with Gasteiger partial charge in [-0.3, -0.25) is 4.55 Å². The minimum atomic E-state index is -4.09. The first-order valence-electron chi connectivity index (χ1n) is 3.34. The van der Waals surface area contributed by atoms with Crippen molar-refractivity contribution in [2.24, 2.45) is 0 Å². The number of hydrogen-bond acceptors (Lipinski definition) is 3. The zero-order chi connectivity index (χ0) is 9.19. The minimum Gasteiger partial charge on any atom is -0.468 e. The molecule has 4 nitrogen and oxygen atoms in total. The molecule has 0 aliphatic rings. The summed E-state index contributed by atoms with van der Waals surface area (Å²) in [7, 11) is -4.09. The van der Waals surface area contributed by atoms with E-state index in [0.29, 0.717) is 0 Å². The Balaban J connectivity index is 3.00. The highest BCUT2D eigenvalue weighted by molar-refractivity contribution is 7.86. The van der Waals surface area contributed by atoms with Gasteiger partial charge < -0.3 is 4.42 Å². The third-order valence-electron chi connectivity index (χ3n) is 1.48. The van der Waals surface area contributed by atoms with Crippen molar-refractivity contribution in [3.63, 3.8) is 0 Å². The molecule has 1 aromatic rings. The van der Waals surface area contributed by atoms with E-state index in [4.69, 9.17) is 8.97 Å². The molecule has 1 unspecified atom stereocenters. The van der Waals surface area contributed by atoms with Crippen LogP contribution in [0.5, 0.6) is 0 Å². The zero-order valence-electron chi connectivity index (χ0n) is 6.30. The van der Waals surface area contributed by atoms with Gasteiger partial charge in [0.25, 0.3) is 10.1 Å². The fourth-order valence-electron chi connectivity index (χ4n) is 0.912.